The number of esters is 1. The number of fused-ring (bicyclic) bond motifs is 1. The molecule has 0 amide bonds. The number of hydrogen-bond acceptors (Lipinski definition) is 6. The van der Waals surface area contributed by atoms with Gasteiger partial charge in [0.05, 0.1) is 19.1 Å². The van der Waals surface area contributed by atoms with Crippen LogP contribution in [0.2, 0.25) is 0 Å². The number of pyridine rings is 1. The number of hydrogen-bond donors (Lipinski definition) is 1. The third-order valence-electron chi connectivity index (χ3n) is 2.93. The zero-order valence-electron chi connectivity index (χ0n) is 11.2. The minimum absolute atomic E-state index is 0.0688. The van der Waals surface area contributed by atoms with Crippen LogP contribution < -0.4 is 10.1 Å². The van der Waals surface area contributed by atoms with E-state index in [4.69, 9.17) is 4.74 Å². The molecule has 2 heterocycles. The molecule has 0 aliphatic carbocycles. The summed E-state index contributed by atoms with van der Waals surface area (Å²) in [6, 6.07) is 3.09. The predicted molar refractivity (Wildman–Crippen MR) is 71.5 cm³/mol. The third kappa shape index (κ3) is 1.91. The van der Waals surface area contributed by atoms with Gasteiger partial charge in [0.1, 0.15) is 17.0 Å². The molecule has 20 heavy (non-hydrogen) atoms. The van der Waals surface area contributed by atoms with E-state index < -0.39 is 10.9 Å². The highest BCUT2D eigenvalue weighted by Crippen LogP contribution is 2.37. The molecule has 0 bridgehead atoms. The van der Waals surface area contributed by atoms with Crippen LogP contribution in [-0.4, -0.2) is 36.6 Å². The zero-order valence-corrected chi connectivity index (χ0v) is 11.2. The van der Waals surface area contributed by atoms with Crippen molar-refractivity contribution in [3.05, 3.63) is 34.1 Å². The molecule has 8 heteroatoms. The number of ether oxygens (including phenoxy) is 2. The van der Waals surface area contributed by atoms with Gasteiger partial charge in [-0.2, -0.15) is 0 Å². The number of nitrogens with one attached hydrogen (secondary N) is 1. The quantitative estimate of drug-likeness (QED) is 0.520. The summed E-state index contributed by atoms with van der Waals surface area (Å²) >= 11 is 0. The molecule has 0 aliphatic rings. The van der Waals surface area contributed by atoms with Crippen molar-refractivity contribution in [2.75, 3.05) is 26.6 Å². The summed E-state index contributed by atoms with van der Waals surface area (Å²) in [6.07, 6.45) is 1.52. The van der Waals surface area contributed by atoms with Gasteiger partial charge in [-0.25, -0.2) is 4.79 Å². The predicted octanol–water partition coefficient (Wildman–Crippen LogP) is 1.68. The van der Waals surface area contributed by atoms with Gasteiger partial charge in [-0.15, -0.1) is 0 Å². The Hall–Kier alpha value is -2.77. The zero-order chi connectivity index (χ0) is 14.9. The second-order valence-corrected chi connectivity index (χ2v) is 3.89. The van der Waals surface area contributed by atoms with Gasteiger partial charge in [0.15, 0.2) is 5.69 Å². The first-order valence-corrected chi connectivity index (χ1v) is 5.67. The van der Waals surface area contributed by atoms with Crippen LogP contribution in [0.15, 0.2) is 18.3 Å². The van der Waals surface area contributed by atoms with Gasteiger partial charge in [-0.1, -0.05) is 0 Å². The van der Waals surface area contributed by atoms with E-state index in [2.05, 4.69) is 10.1 Å². The Kier molecular flexibility index (Phi) is 3.47. The summed E-state index contributed by atoms with van der Waals surface area (Å²) in [7, 11) is 4.18. The molecule has 106 valence electrons. The van der Waals surface area contributed by atoms with Crippen molar-refractivity contribution in [2.45, 2.75) is 0 Å². The normalized spacial score (nSPS) is 10.3. The first-order valence-electron chi connectivity index (χ1n) is 5.67. The van der Waals surface area contributed by atoms with Crippen molar-refractivity contribution in [1.82, 2.24) is 4.40 Å². The molecule has 0 fully saturated rings. The van der Waals surface area contributed by atoms with E-state index >= 15 is 0 Å². The van der Waals surface area contributed by atoms with E-state index in [1.807, 2.05) is 0 Å². The van der Waals surface area contributed by atoms with Gasteiger partial charge in [-0.3, -0.25) is 10.1 Å². The molecule has 0 saturated carbocycles. The summed E-state index contributed by atoms with van der Waals surface area (Å²) in [5.41, 5.74) is 0.223. The van der Waals surface area contributed by atoms with Crippen LogP contribution in [-0.2, 0) is 4.74 Å². The Morgan fingerprint density at radius 2 is 2.15 bits per heavy atom. The molecule has 0 aromatic carbocycles. The van der Waals surface area contributed by atoms with E-state index in [0.29, 0.717) is 5.75 Å². The topological polar surface area (TPSA) is 95.1 Å². The van der Waals surface area contributed by atoms with Crippen LogP contribution in [0.5, 0.6) is 5.75 Å². The minimum Gasteiger partial charge on any atom is -0.497 e. The highest BCUT2D eigenvalue weighted by atomic mass is 16.6. The van der Waals surface area contributed by atoms with Gasteiger partial charge >= 0.3 is 11.7 Å². The lowest BCUT2D eigenvalue weighted by molar-refractivity contribution is -0.382. The standard InChI is InChI=1S/C12H13N3O5/c1-13-9-10(15(17)18)8-6-7(19-2)4-5-14(8)11(9)12(16)20-3/h4-6,13H,1-3H3. The Morgan fingerprint density at radius 1 is 1.45 bits per heavy atom. The molecule has 1 N–H and O–H groups in total. The van der Waals surface area contributed by atoms with Gasteiger partial charge < -0.3 is 19.2 Å². The maximum Gasteiger partial charge on any atom is 0.357 e. The lowest BCUT2D eigenvalue weighted by Gasteiger charge is -2.03. The molecule has 0 unspecified atom stereocenters. The molecule has 0 aliphatic heterocycles. The fraction of sp³-hybridized carbons (Fsp3) is 0.250. The molecular formula is C12H13N3O5. The minimum atomic E-state index is -0.664. The average Bonchev–Trinajstić information content (AvgIpc) is 2.79. The lowest BCUT2D eigenvalue weighted by Crippen LogP contribution is -2.08. The van der Waals surface area contributed by atoms with Crippen molar-refractivity contribution in [3.63, 3.8) is 0 Å². The number of nitro groups is 1. The fourth-order valence-electron chi connectivity index (χ4n) is 2.06. The van der Waals surface area contributed by atoms with Gasteiger partial charge in [0, 0.05) is 19.3 Å². The fourth-order valence-corrected chi connectivity index (χ4v) is 2.06. The molecule has 0 spiro atoms. The van der Waals surface area contributed by atoms with E-state index in [9.17, 15) is 14.9 Å². The maximum atomic E-state index is 11.9. The summed E-state index contributed by atoms with van der Waals surface area (Å²) in [4.78, 5) is 22.6. The molecular weight excluding hydrogens is 266 g/mol. The summed E-state index contributed by atoms with van der Waals surface area (Å²) in [5, 5.41) is 14.0. The van der Waals surface area contributed by atoms with Gasteiger partial charge in [0.25, 0.3) is 0 Å². The number of aromatic nitrogens is 1. The molecule has 0 radical (unpaired) electrons. The van der Waals surface area contributed by atoms with Crippen molar-refractivity contribution in [3.8, 4) is 5.75 Å². The Morgan fingerprint density at radius 3 is 2.65 bits per heavy atom. The van der Waals surface area contributed by atoms with Crippen LogP contribution in [0.1, 0.15) is 10.5 Å². The first-order chi connectivity index (χ1) is 9.54. The van der Waals surface area contributed by atoms with Crippen LogP contribution >= 0.6 is 0 Å². The van der Waals surface area contributed by atoms with Crippen LogP contribution in [0.3, 0.4) is 0 Å². The number of rotatable bonds is 4. The Bertz CT molecular complexity index is 692. The van der Waals surface area contributed by atoms with Crippen molar-refractivity contribution < 1.29 is 19.2 Å². The van der Waals surface area contributed by atoms with Gasteiger partial charge in [0.2, 0.25) is 0 Å². The largest absolute Gasteiger partial charge is 0.497 e. The van der Waals surface area contributed by atoms with Crippen LogP contribution in [0, 0.1) is 10.1 Å². The Labute approximate surface area is 114 Å². The van der Waals surface area contributed by atoms with Crippen molar-refractivity contribution in [2.24, 2.45) is 0 Å². The van der Waals surface area contributed by atoms with Crippen molar-refractivity contribution >= 4 is 22.9 Å². The summed E-state index contributed by atoms with van der Waals surface area (Å²) < 4.78 is 11.1. The molecule has 0 saturated heterocycles. The molecule has 2 rings (SSSR count). The summed E-state index contributed by atoms with van der Waals surface area (Å²) in [5.74, 6) is -0.209. The second kappa shape index (κ2) is 5.08. The maximum absolute atomic E-state index is 11.9. The van der Waals surface area contributed by atoms with Gasteiger partial charge in [-0.05, 0) is 6.07 Å². The first kappa shape index (κ1) is 13.7. The van der Waals surface area contributed by atoms with E-state index in [1.54, 1.807) is 6.07 Å². The SMILES string of the molecule is CNc1c([N+](=O)[O-])c2cc(OC)ccn2c1C(=O)OC. The molecule has 2 aromatic heterocycles. The highest BCUT2D eigenvalue weighted by Gasteiger charge is 2.30. The average molecular weight is 279 g/mol. The number of carbonyl (C=O) groups is 1. The highest BCUT2D eigenvalue weighted by molar-refractivity contribution is 6.01. The number of methoxy groups -OCH3 is 2. The summed E-state index contributed by atoms with van der Waals surface area (Å²) in [6.45, 7) is 0. The molecule has 8 nitrogen and oxygen atoms in total. The van der Waals surface area contributed by atoms with E-state index in [1.165, 1.54) is 37.9 Å². The van der Waals surface area contributed by atoms with Crippen LogP contribution in [0.4, 0.5) is 11.4 Å². The lowest BCUT2D eigenvalue weighted by atomic mass is 10.3. The monoisotopic (exact) mass is 279 g/mol. The number of nitrogens with zero attached hydrogens (tertiary/aromatic N) is 2. The Balaban J connectivity index is 2.91. The smallest absolute Gasteiger partial charge is 0.357 e. The number of carbonyl (C=O) groups excluding carboxylic acids is 1. The van der Waals surface area contributed by atoms with E-state index in [-0.39, 0.29) is 22.6 Å². The third-order valence-corrected chi connectivity index (χ3v) is 2.93. The number of anilines is 1. The van der Waals surface area contributed by atoms with Crippen molar-refractivity contribution in [1.29, 1.82) is 0 Å². The van der Waals surface area contributed by atoms with E-state index in [0.717, 1.165) is 0 Å². The second-order valence-electron chi connectivity index (χ2n) is 3.89. The molecule has 0 atom stereocenters. The van der Waals surface area contributed by atoms with Crippen LogP contribution in [0.25, 0.3) is 5.52 Å². The molecule has 2 aromatic rings.